The lowest BCUT2D eigenvalue weighted by Gasteiger charge is -2.58. The van der Waals surface area contributed by atoms with Gasteiger partial charge < -0.3 is 25.5 Å². The van der Waals surface area contributed by atoms with Crippen molar-refractivity contribution < 1.29 is 30.3 Å². The van der Waals surface area contributed by atoms with Crippen molar-refractivity contribution in [1.82, 2.24) is 16.0 Å². The monoisotopic (exact) mass is 570 g/mol. The van der Waals surface area contributed by atoms with Gasteiger partial charge in [0.15, 0.2) is 11.4 Å². The summed E-state index contributed by atoms with van der Waals surface area (Å²) >= 11 is 0. The van der Waals surface area contributed by atoms with Gasteiger partial charge in [0.25, 0.3) is 0 Å². The lowest BCUT2D eigenvalue weighted by molar-refractivity contribution is -0.116. The zero-order valence-electron chi connectivity index (χ0n) is 24.0. The van der Waals surface area contributed by atoms with E-state index in [-0.39, 0.29) is 79.6 Å². The largest absolute Gasteiger partial charge is 0.507 e. The molecule has 10 heteroatoms. The number of likely N-dealkylation sites (N-methyl/N-ethyl adjacent to an activating group) is 1. The Balaban J connectivity index is 1.31. The van der Waals surface area contributed by atoms with Gasteiger partial charge >= 0.3 is 0 Å². The number of carbonyl (C=O) groups is 1. The summed E-state index contributed by atoms with van der Waals surface area (Å²) in [5.41, 5.74) is 0.742. The number of nitrogens with one attached hydrogen (secondary N) is 3. The van der Waals surface area contributed by atoms with Crippen molar-refractivity contribution in [3.8, 4) is 0 Å². The third-order valence-electron chi connectivity index (χ3n) is 11.2. The van der Waals surface area contributed by atoms with Gasteiger partial charge in [-0.1, -0.05) is 25.3 Å². The Kier molecular flexibility index (Phi) is 8.04. The molecule has 3 saturated carbocycles. The molecule has 0 radical (unpaired) electrons. The predicted octanol–water partition coefficient (Wildman–Crippen LogP) is 0.833. The van der Waals surface area contributed by atoms with Crippen molar-refractivity contribution in [3.05, 3.63) is 34.6 Å². The highest BCUT2D eigenvalue weighted by molar-refractivity contribution is 6.20. The van der Waals surface area contributed by atoms with Crippen LogP contribution in [-0.4, -0.2) is 93.9 Å². The van der Waals surface area contributed by atoms with E-state index in [0.717, 1.165) is 69.1 Å². The number of allylic oxidation sites excluding steroid dienone is 5. The Bertz CT molecular complexity index is 1150. The van der Waals surface area contributed by atoms with Crippen LogP contribution in [0.1, 0.15) is 57.8 Å². The van der Waals surface area contributed by atoms with Crippen molar-refractivity contribution in [2.75, 3.05) is 33.5 Å². The number of carbonyl (C=O) groups excluding carboxylic acids is 1. The van der Waals surface area contributed by atoms with Crippen LogP contribution in [0.25, 0.3) is 0 Å². The fourth-order valence-corrected chi connectivity index (χ4v) is 9.03. The van der Waals surface area contributed by atoms with Gasteiger partial charge in [0, 0.05) is 29.3 Å². The molecule has 0 spiro atoms. The number of rotatable bonds is 7. The maximum Gasteiger partial charge on any atom is 0.197 e. The number of Topliss-reactive ketones (excluding diaryl/α,β-unsaturated/α-hetero) is 1. The van der Waals surface area contributed by atoms with Crippen molar-refractivity contribution in [1.29, 1.82) is 0 Å². The molecule has 0 aromatic heterocycles. The van der Waals surface area contributed by atoms with Gasteiger partial charge in [-0.2, -0.15) is 0 Å². The van der Waals surface area contributed by atoms with E-state index in [0.29, 0.717) is 11.1 Å². The zero-order valence-corrected chi connectivity index (χ0v) is 24.0. The minimum absolute atomic E-state index is 0.00690. The second-order valence-electron chi connectivity index (χ2n) is 13.1. The zero-order chi connectivity index (χ0) is 28.9. The SMILES string of the molecule is CNC(CO)(CO)/N=C1C=C/C(=C2\C(=O)C(C3CCC4NC(CO)(CO)NC5CCCC3C54)=C2O)C2CCCCC/12. The number of aliphatic imine (C=N–C) groups is 1. The van der Waals surface area contributed by atoms with E-state index >= 15 is 0 Å². The molecule has 226 valence electrons. The molecule has 41 heavy (non-hydrogen) atoms. The molecule has 4 fully saturated rings. The summed E-state index contributed by atoms with van der Waals surface area (Å²) in [7, 11) is 1.67. The molecule has 1 saturated heterocycles. The van der Waals surface area contributed by atoms with E-state index in [1.54, 1.807) is 7.05 Å². The third kappa shape index (κ3) is 4.67. The van der Waals surface area contributed by atoms with Crippen LogP contribution in [0.3, 0.4) is 0 Å². The van der Waals surface area contributed by atoms with Crippen molar-refractivity contribution >= 4 is 11.5 Å². The standard InChI is InChI=1S/C31H46N4O6/c1-32-30(13-36,14-37)33-22-11-9-20(17-5-2-3-6-18(17)22)26-28(40)27(29(26)41)21-10-12-24-25-19(21)7-4-8-23(25)34-31(15-38,16-39)35-24/h9,11,17-19,21,23-25,32,34-40H,2-8,10,12-16H2,1H3/b26-20+,33-22-. The Morgan fingerprint density at radius 3 is 2.22 bits per heavy atom. The summed E-state index contributed by atoms with van der Waals surface area (Å²) in [6, 6.07) is 0.310. The molecule has 0 aromatic rings. The molecule has 5 aliphatic carbocycles. The van der Waals surface area contributed by atoms with Gasteiger partial charge in [0.2, 0.25) is 0 Å². The summed E-state index contributed by atoms with van der Waals surface area (Å²) in [5.74, 6) is 0.812. The second kappa shape index (κ2) is 11.3. The number of fused-ring (bicyclic) bond motifs is 1. The smallest absolute Gasteiger partial charge is 0.197 e. The summed E-state index contributed by atoms with van der Waals surface area (Å²) < 4.78 is 0. The fourth-order valence-electron chi connectivity index (χ4n) is 9.03. The molecule has 1 aliphatic heterocycles. The first-order chi connectivity index (χ1) is 19.8. The maximum atomic E-state index is 13.9. The highest BCUT2D eigenvalue weighted by atomic mass is 16.3. The van der Waals surface area contributed by atoms with Crippen molar-refractivity contribution in [2.45, 2.75) is 81.2 Å². The average molecular weight is 571 g/mol. The lowest BCUT2D eigenvalue weighted by Crippen LogP contribution is -2.77. The molecular formula is C31H46N4O6. The Morgan fingerprint density at radius 1 is 0.902 bits per heavy atom. The van der Waals surface area contributed by atoms with E-state index in [9.17, 15) is 30.3 Å². The van der Waals surface area contributed by atoms with E-state index in [4.69, 9.17) is 4.99 Å². The molecule has 0 amide bonds. The van der Waals surface area contributed by atoms with Crippen LogP contribution in [0, 0.1) is 29.6 Å². The topological polar surface area (TPSA) is 167 Å². The number of nitrogens with zero attached hydrogens (tertiary/aromatic N) is 1. The first-order valence-electron chi connectivity index (χ1n) is 15.5. The molecule has 10 nitrogen and oxygen atoms in total. The van der Waals surface area contributed by atoms with Crippen LogP contribution in [-0.2, 0) is 4.79 Å². The van der Waals surface area contributed by atoms with Crippen LogP contribution in [0.4, 0.5) is 0 Å². The molecule has 8 N–H and O–H groups in total. The number of ketones is 1. The van der Waals surface area contributed by atoms with Gasteiger partial charge in [-0.3, -0.25) is 25.7 Å². The highest BCUT2D eigenvalue weighted by Gasteiger charge is 2.55. The predicted molar refractivity (Wildman–Crippen MR) is 154 cm³/mol. The van der Waals surface area contributed by atoms with Crippen LogP contribution in [0.5, 0.6) is 0 Å². The van der Waals surface area contributed by atoms with Crippen LogP contribution < -0.4 is 16.0 Å². The number of hydrogen-bond acceptors (Lipinski definition) is 10. The van der Waals surface area contributed by atoms with Crippen molar-refractivity contribution in [2.24, 2.45) is 34.6 Å². The molecule has 6 aliphatic rings. The molecule has 6 rings (SSSR count). The fraction of sp³-hybridized carbons (Fsp3) is 0.742. The van der Waals surface area contributed by atoms with Crippen LogP contribution >= 0.6 is 0 Å². The first-order valence-corrected chi connectivity index (χ1v) is 15.5. The van der Waals surface area contributed by atoms with E-state index < -0.39 is 11.3 Å². The van der Waals surface area contributed by atoms with Gasteiger partial charge in [-0.15, -0.1) is 0 Å². The highest BCUT2D eigenvalue weighted by Crippen LogP contribution is 2.53. The van der Waals surface area contributed by atoms with Gasteiger partial charge in [-0.05, 0) is 80.9 Å². The lowest BCUT2D eigenvalue weighted by atomic mass is 9.56. The van der Waals surface area contributed by atoms with Crippen LogP contribution in [0.2, 0.25) is 0 Å². The molecule has 7 unspecified atom stereocenters. The molecule has 1 heterocycles. The summed E-state index contributed by atoms with van der Waals surface area (Å²) in [6.07, 6.45) is 12.3. The van der Waals surface area contributed by atoms with Crippen LogP contribution in [0.15, 0.2) is 39.6 Å². The molecule has 0 aromatic carbocycles. The van der Waals surface area contributed by atoms with E-state index in [1.165, 1.54) is 0 Å². The average Bonchev–Trinajstić information content (AvgIpc) is 3.02. The Morgan fingerprint density at radius 2 is 1.59 bits per heavy atom. The van der Waals surface area contributed by atoms with Gasteiger partial charge in [0.05, 0.1) is 32.0 Å². The normalized spacial score (nSPS) is 39.4. The van der Waals surface area contributed by atoms with Gasteiger partial charge in [-0.25, -0.2) is 0 Å². The number of hydrogen-bond donors (Lipinski definition) is 8. The number of aliphatic hydroxyl groups excluding tert-OH is 5. The summed E-state index contributed by atoms with van der Waals surface area (Å²) in [4.78, 5) is 18.7. The summed E-state index contributed by atoms with van der Waals surface area (Å²) in [5, 5.41) is 61.3. The number of aliphatic hydroxyl groups is 5. The summed E-state index contributed by atoms with van der Waals surface area (Å²) in [6.45, 7) is -1.02. The minimum atomic E-state index is -1.15. The Hall–Kier alpha value is -1.92. The minimum Gasteiger partial charge on any atom is -0.507 e. The second-order valence-corrected chi connectivity index (χ2v) is 13.1. The Labute approximate surface area is 241 Å². The van der Waals surface area contributed by atoms with E-state index in [2.05, 4.69) is 16.0 Å². The maximum absolute atomic E-state index is 13.9. The molecule has 7 atom stereocenters. The first kappa shape index (κ1) is 29.2. The molecule has 0 bridgehead atoms. The van der Waals surface area contributed by atoms with Crippen molar-refractivity contribution in [3.63, 3.8) is 0 Å². The van der Waals surface area contributed by atoms with Gasteiger partial charge in [0.1, 0.15) is 11.4 Å². The van der Waals surface area contributed by atoms with E-state index in [1.807, 2.05) is 12.2 Å². The quantitative estimate of drug-likeness (QED) is 0.207. The third-order valence-corrected chi connectivity index (χ3v) is 11.2. The molecular weight excluding hydrogens is 524 g/mol.